The number of amides is 1. The number of pyridine rings is 1. The number of sulfonamides is 1. The number of likely N-dealkylation sites (tertiary alicyclic amines) is 1. The van der Waals surface area contributed by atoms with E-state index in [0.717, 1.165) is 0 Å². The highest BCUT2D eigenvalue weighted by molar-refractivity contribution is 7.89. The monoisotopic (exact) mass is 439 g/mol. The third-order valence-electron chi connectivity index (χ3n) is 5.69. The zero-order valence-electron chi connectivity index (χ0n) is 16.7. The third-order valence-corrected chi connectivity index (χ3v) is 7.53. The first kappa shape index (κ1) is 19.8. The van der Waals surface area contributed by atoms with Gasteiger partial charge < -0.3 is 14.1 Å². The Hall–Kier alpha value is -3.17. The number of benzene rings is 1. The summed E-state index contributed by atoms with van der Waals surface area (Å²) in [5, 5.41) is 0. The maximum atomic E-state index is 13.5. The Balaban J connectivity index is 1.51. The SMILES string of the molecule is O=C(c1ccoc1)N1CCC2(C1)CN(Cc1ccccn1)S(=O)(=O)c1ccccc1O2. The number of furan rings is 1. The van der Waals surface area contributed by atoms with E-state index in [2.05, 4.69) is 4.98 Å². The molecule has 0 aliphatic carbocycles. The van der Waals surface area contributed by atoms with Gasteiger partial charge in [0.15, 0.2) is 0 Å². The van der Waals surface area contributed by atoms with Gasteiger partial charge in [0, 0.05) is 19.2 Å². The summed E-state index contributed by atoms with van der Waals surface area (Å²) in [6.07, 6.45) is 5.02. The van der Waals surface area contributed by atoms with Crippen LogP contribution in [0.15, 0.2) is 76.6 Å². The lowest BCUT2D eigenvalue weighted by atomic mass is 10.0. The predicted octanol–water partition coefficient (Wildman–Crippen LogP) is 2.54. The maximum Gasteiger partial charge on any atom is 0.257 e. The minimum absolute atomic E-state index is 0.121. The van der Waals surface area contributed by atoms with E-state index in [0.29, 0.717) is 30.0 Å². The van der Waals surface area contributed by atoms with Gasteiger partial charge in [-0.15, -0.1) is 0 Å². The number of hydrogen-bond acceptors (Lipinski definition) is 6. The molecule has 8 nitrogen and oxygen atoms in total. The summed E-state index contributed by atoms with van der Waals surface area (Å²) in [5.41, 5.74) is 0.252. The Kier molecular flexibility index (Phi) is 4.79. The predicted molar refractivity (Wildman–Crippen MR) is 111 cm³/mol. The van der Waals surface area contributed by atoms with Gasteiger partial charge in [-0.2, -0.15) is 4.31 Å². The van der Waals surface area contributed by atoms with Crippen molar-refractivity contribution in [3.05, 3.63) is 78.5 Å². The lowest BCUT2D eigenvalue weighted by Crippen LogP contribution is -2.49. The van der Waals surface area contributed by atoms with Crippen LogP contribution < -0.4 is 4.74 Å². The van der Waals surface area contributed by atoms with Crippen LogP contribution in [-0.2, 0) is 16.6 Å². The van der Waals surface area contributed by atoms with Gasteiger partial charge in [0.2, 0.25) is 10.0 Å². The first-order chi connectivity index (χ1) is 15.0. The highest BCUT2D eigenvalue weighted by Gasteiger charge is 2.49. The second kappa shape index (κ2) is 7.51. The van der Waals surface area contributed by atoms with Crippen LogP contribution in [0.25, 0.3) is 0 Å². The Bertz CT molecular complexity index is 1200. The van der Waals surface area contributed by atoms with Crippen molar-refractivity contribution < 1.29 is 22.4 Å². The number of para-hydroxylation sites is 1. The van der Waals surface area contributed by atoms with Gasteiger partial charge in [0.05, 0.1) is 37.2 Å². The number of aromatic nitrogens is 1. The van der Waals surface area contributed by atoms with Gasteiger partial charge in [0.25, 0.3) is 5.91 Å². The van der Waals surface area contributed by atoms with E-state index in [-0.39, 0.29) is 30.4 Å². The fraction of sp³-hybridized carbons (Fsp3) is 0.273. The molecular formula is C22H21N3O5S. The van der Waals surface area contributed by atoms with Crippen LogP contribution in [0.2, 0.25) is 0 Å². The molecular weight excluding hydrogens is 418 g/mol. The standard InChI is InChI=1S/C22H21N3O5S/c26-21(17-8-12-29-14-17)24-11-9-22(15-24)16-25(13-18-5-3-4-10-23-18)31(27,28)20-7-2-1-6-19(20)30-22/h1-8,10,12,14H,9,11,13,15-16H2. The molecule has 31 heavy (non-hydrogen) atoms. The van der Waals surface area contributed by atoms with Crippen LogP contribution in [0.3, 0.4) is 0 Å². The topological polar surface area (TPSA) is 93.0 Å². The number of fused-ring (bicyclic) bond motifs is 1. The van der Waals surface area contributed by atoms with Crippen molar-refractivity contribution in [2.24, 2.45) is 0 Å². The molecule has 1 fully saturated rings. The quantitative estimate of drug-likeness (QED) is 0.623. The molecule has 9 heteroatoms. The highest BCUT2D eigenvalue weighted by Crippen LogP contribution is 2.39. The molecule has 2 aliphatic rings. The number of carbonyl (C=O) groups is 1. The highest BCUT2D eigenvalue weighted by atomic mass is 32.2. The fourth-order valence-corrected chi connectivity index (χ4v) is 5.77. The molecule has 1 spiro atoms. The first-order valence-electron chi connectivity index (χ1n) is 9.97. The number of hydrogen-bond donors (Lipinski definition) is 0. The summed E-state index contributed by atoms with van der Waals surface area (Å²) < 4.78 is 39.8. The van der Waals surface area contributed by atoms with Crippen LogP contribution in [0, 0.1) is 0 Å². The Morgan fingerprint density at radius 1 is 1.10 bits per heavy atom. The van der Waals surface area contributed by atoms with Crippen LogP contribution in [0.5, 0.6) is 5.75 Å². The minimum Gasteiger partial charge on any atom is -0.483 e. The molecule has 1 unspecified atom stereocenters. The molecule has 0 N–H and O–H groups in total. The molecule has 2 aliphatic heterocycles. The van der Waals surface area contributed by atoms with E-state index in [9.17, 15) is 13.2 Å². The second-order valence-corrected chi connectivity index (χ2v) is 9.72. The molecule has 0 saturated carbocycles. The molecule has 160 valence electrons. The summed E-state index contributed by atoms with van der Waals surface area (Å²) in [6.45, 7) is 0.983. The van der Waals surface area contributed by atoms with Crippen molar-refractivity contribution in [1.29, 1.82) is 0 Å². The average Bonchev–Trinajstić information content (AvgIpc) is 3.43. The lowest BCUT2D eigenvalue weighted by Gasteiger charge is -2.31. The summed E-state index contributed by atoms with van der Waals surface area (Å²) in [5.74, 6) is 0.148. The molecule has 3 aromatic rings. The zero-order valence-corrected chi connectivity index (χ0v) is 17.5. The summed E-state index contributed by atoms with van der Waals surface area (Å²) in [4.78, 5) is 18.9. The number of ether oxygens (including phenoxy) is 1. The average molecular weight is 439 g/mol. The van der Waals surface area contributed by atoms with Crippen molar-refractivity contribution in [2.45, 2.75) is 23.5 Å². The molecule has 4 heterocycles. The second-order valence-electron chi connectivity index (χ2n) is 7.81. The summed E-state index contributed by atoms with van der Waals surface area (Å²) in [7, 11) is -3.81. The van der Waals surface area contributed by atoms with Gasteiger partial charge in [-0.1, -0.05) is 18.2 Å². The Morgan fingerprint density at radius 2 is 1.94 bits per heavy atom. The molecule has 1 aromatic carbocycles. The maximum absolute atomic E-state index is 13.5. The van der Waals surface area contributed by atoms with Crippen molar-refractivity contribution >= 4 is 15.9 Å². The molecule has 0 radical (unpaired) electrons. The fourth-order valence-electron chi connectivity index (χ4n) is 4.17. The molecule has 1 atom stereocenters. The zero-order chi connectivity index (χ0) is 21.5. The van der Waals surface area contributed by atoms with Crippen molar-refractivity contribution in [3.8, 4) is 5.75 Å². The number of rotatable bonds is 3. The van der Waals surface area contributed by atoms with Gasteiger partial charge in [-0.3, -0.25) is 9.78 Å². The van der Waals surface area contributed by atoms with Gasteiger partial charge >= 0.3 is 0 Å². The molecule has 0 bridgehead atoms. The molecule has 1 saturated heterocycles. The minimum atomic E-state index is -3.81. The molecule has 1 amide bonds. The lowest BCUT2D eigenvalue weighted by molar-refractivity contribution is 0.0508. The molecule has 2 aromatic heterocycles. The smallest absolute Gasteiger partial charge is 0.257 e. The van der Waals surface area contributed by atoms with Crippen molar-refractivity contribution in [1.82, 2.24) is 14.2 Å². The Labute approximate surface area is 180 Å². The van der Waals surface area contributed by atoms with Crippen molar-refractivity contribution in [2.75, 3.05) is 19.6 Å². The first-order valence-corrected chi connectivity index (χ1v) is 11.4. The largest absolute Gasteiger partial charge is 0.483 e. The summed E-state index contributed by atoms with van der Waals surface area (Å²) >= 11 is 0. The number of nitrogens with zero attached hydrogens (tertiary/aromatic N) is 3. The van der Waals surface area contributed by atoms with Gasteiger partial charge in [-0.25, -0.2) is 8.42 Å². The van der Waals surface area contributed by atoms with Crippen LogP contribution in [0.4, 0.5) is 0 Å². The van der Waals surface area contributed by atoms with E-state index >= 15 is 0 Å². The van der Waals surface area contributed by atoms with E-state index in [1.54, 1.807) is 53.6 Å². The van der Waals surface area contributed by atoms with Crippen LogP contribution in [0.1, 0.15) is 22.5 Å². The van der Waals surface area contributed by atoms with E-state index in [1.165, 1.54) is 16.8 Å². The van der Waals surface area contributed by atoms with Crippen LogP contribution in [-0.4, -0.2) is 53.7 Å². The normalized spacial score (nSPS) is 22.6. The van der Waals surface area contributed by atoms with E-state index in [1.807, 2.05) is 6.07 Å². The number of carbonyl (C=O) groups excluding carboxylic acids is 1. The third kappa shape index (κ3) is 3.60. The van der Waals surface area contributed by atoms with Gasteiger partial charge in [0.1, 0.15) is 22.5 Å². The van der Waals surface area contributed by atoms with Crippen molar-refractivity contribution in [3.63, 3.8) is 0 Å². The Morgan fingerprint density at radius 3 is 2.71 bits per heavy atom. The van der Waals surface area contributed by atoms with E-state index in [4.69, 9.17) is 9.15 Å². The van der Waals surface area contributed by atoms with Crippen LogP contribution >= 0.6 is 0 Å². The summed E-state index contributed by atoms with van der Waals surface area (Å²) in [6, 6.07) is 13.7. The van der Waals surface area contributed by atoms with Gasteiger partial charge in [-0.05, 0) is 30.3 Å². The van der Waals surface area contributed by atoms with E-state index < -0.39 is 15.6 Å². The molecule has 5 rings (SSSR count).